The number of aromatic nitrogens is 2. The molecule has 3 N–H and O–H groups in total. The molecule has 1 heterocycles. The summed E-state index contributed by atoms with van der Waals surface area (Å²) in [5, 5.41) is 16.5. The van der Waals surface area contributed by atoms with Crippen molar-refractivity contribution in [3.63, 3.8) is 0 Å². The molecule has 0 aliphatic heterocycles. The number of halogens is 3. The van der Waals surface area contributed by atoms with Crippen molar-refractivity contribution >= 4 is 17.7 Å². The van der Waals surface area contributed by atoms with Crippen LogP contribution in [0.3, 0.4) is 0 Å². The first kappa shape index (κ1) is 22.5. The van der Waals surface area contributed by atoms with Crippen LogP contribution in [0.25, 0.3) is 11.1 Å². The van der Waals surface area contributed by atoms with E-state index in [2.05, 4.69) is 15.5 Å². The Morgan fingerprint density at radius 3 is 2.33 bits per heavy atom. The third-order valence-corrected chi connectivity index (χ3v) is 3.66. The maximum absolute atomic E-state index is 11.8. The van der Waals surface area contributed by atoms with Gasteiger partial charge in [0, 0.05) is 17.4 Å². The zero-order chi connectivity index (χ0) is 22.1. The summed E-state index contributed by atoms with van der Waals surface area (Å²) in [6.07, 6.45) is -1.99. The minimum absolute atomic E-state index is 0.251. The van der Waals surface area contributed by atoms with E-state index in [1.165, 1.54) is 0 Å². The molecule has 3 aromatic rings. The SMILES string of the molecule is Cc1cccc(COC(=O)Nc2ccc(-c3cn[nH]c3)cc2)c1.O=C(O)C(F)(F)F. The normalized spacial score (nSPS) is 10.5. The Bertz CT molecular complexity index is 972. The predicted molar refractivity (Wildman–Crippen MR) is 103 cm³/mol. The average molecular weight is 421 g/mol. The molecule has 3 rings (SSSR count). The second kappa shape index (κ2) is 10.1. The second-order valence-corrected chi connectivity index (χ2v) is 6.06. The summed E-state index contributed by atoms with van der Waals surface area (Å²) >= 11 is 0. The first-order valence-electron chi connectivity index (χ1n) is 8.54. The molecule has 10 heteroatoms. The molecule has 0 bridgehead atoms. The number of alkyl halides is 3. The Balaban J connectivity index is 0.000000396. The monoisotopic (exact) mass is 421 g/mol. The van der Waals surface area contributed by atoms with Crippen LogP contribution in [-0.4, -0.2) is 33.5 Å². The van der Waals surface area contributed by atoms with E-state index in [0.29, 0.717) is 5.69 Å². The Labute approximate surface area is 169 Å². The van der Waals surface area contributed by atoms with Crippen molar-refractivity contribution in [1.82, 2.24) is 10.2 Å². The van der Waals surface area contributed by atoms with Crippen molar-refractivity contribution in [3.8, 4) is 11.1 Å². The molecule has 0 saturated carbocycles. The molecular weight excluding hydrogens is 403 g/mol. The highest BCUT2D eigenvalue weighted by molar-refractivity contribution is 5.85. The summed E-state index contributed by atoms with van der Waals surface area (Å²) in [4.78, 5) is 20.7. The van der Waals surface area contributed by atoms with Gasteiger partial charge in [0.05, 0.1) is 6.20 Å². The van der Waals surface area contributed by atoms with E-state index in [0.717, 1.165) is 22.3 Å². The number of carboxylic acid groups (broad SMARTS) is 1. The molecule has 0 aliphatic rings. The van der Waals surface area contributed by atoms with Crippen LogP contribution < -0.4 is 5.32 Å². The van der Waals surface area contributed by atoms with Crippen molar-refractivity contribution < 1.29 is 32.6 Å². The third kappa shape index (κ3) is 7.30. The summed E-state index contributed by atoms with van der Waals surface area (Å²) in [6.45, 7) is 2.26. The zero-order valence-electron chi connectivity index (χ0n) is 15.7. The van der Waals surface area contributed by atoms with Gasteiger partial charge < -0.3 is 9.84 Å². The van der Waals surface area contributed by atoms with Gasteiger partial charge in [0.25, 0.3) is 0 Å². The summed E-state index contributed by atoms with van der Waals surface area (Å²) in [5.74, 6) is -2.76. The lowest BCUT2D eigenvalue weighted by Crippen LogP contribution is -2.21. The van der Waals surface area contributed by atoms with Crippen LogP contribution in [0.1, 0.15) is 11.1 Å². The molecule has 0 saturated heterocycles. The lowest BCUT2D eigenvalue weighted by atomic mass is 10.1. The summed E-state index contributed by atoms with van der Waals surface area (Å²) in [7, 11) is 0. The quantitative estimate of drug-likeness (QED) is 0.563. The van der Waals surface area contributed by atoms with Crippen molar-refractivity contribution in [1.29, 1.82) is 0 Å². The highest BCUT2D eigenvalue weighted by Crippen LogP contribution is 2.20. The Hall–Kier alpha value is -3.82. The van der Waals surface area contributed by atoms with Crippen molar-refractivity contribution in [3.05, 3.63) is 72.1 Å². The highest BCUT2D eigenvalue weighted by atomic mass is 19.4. The number of ether oxygens (including phenoxy) is 1. The lowest BCUT2D eigenvalue weighted by Gasteiger charge is -2.08. The molecule has 0 spiro atoms. The number of carboxylic acids is 1. The number of benzene rings is 2. The zero-order valence-corrected chi connectivity index (χ0v) is 15.7. The van der Waals surface area contributed by atoms with E-state index in [1.54, 1.807) is 6.20 Å². The fourth-order valence-corrected chi connectivity index (χ4v) is 2.26. The number of hydrogen-bond donors (Lipinski definition) is 3. The number of H-pyrrole nitrogens is 1. The van der Waals surface area contributed by atoms with E-state index in [4.69, 9.17) is 14.6 Å². The summed E-state index contributed by atoms with van der Waals surface area (Å²) in [6, 6.07) is 15.4. The number of amides is 1. The maximum atomic E-state index is 11.8. The molecule has 30 heavy (non-hydrogen) atoms. The molecular formula is C20H18F3N3O4. The van der Waals surface area contributed by atoms with Gasteiger partial charge in [-0.05, 0) is 30.2 Å². The first-order chi connectivity index (χ1) is 14.1. The largest absolute Gasteiger partial charge is 0.490 e. The minimum atomic E-state index is -5.08. The molecule has 2 aromatic carbocycles. The number of nitrogens with one attached hydrogen (secondary N) is 2. The average Bonchev–Trinajstić information content (AvgIpc) is 3.22. The van der Waals surface area contributed by atoms with Gasteiger partial charge in [0.15, 0.2) is 0 Å². The van der Waals surface area contributed by atoms with E-state index in [-0.39, 0.29) is 6.61 Å². The van der Waals surface area contributed by atoms with Crippen molar-refractivity contribution in [2.45, 2.75) is 19.7 Å². The number of hydrogen-bond acceptors (Lipinski definition) is 4. The third-order valence-electron chi connectivity index (χ3n) is 3.66. The lowest BCUT2D eigenvalue weighted by molar-refractivity contribution is -0.192. The van der Waals surface area contributed by atoms with E-state index >= 15 is 0 Å². The van der Waals surface area contributed by atoms with Gasteiger partial charge >= 0.3 is 18.2 Å². The van der Waals surface area contributed by atoms with Crippen LogP contribution in [0.2, 0.25) is 0 Å². The number of anilines is 1. The number of nitrogens with zero attached hydrogens (tertiary/aromatic N) is 1. The number of aromatic amines is 1. The number of carbonyl (C=O) groups is 2. The Morgan fingerprint density at radius 2 is 1.80 bits per heavy atom. The second-order valence-electron chi connectivity index (χ2n) is 6.06. The van der Waals surface area contributed by atoms with Crippen LogP contribution >= 0.6 is 0 Å². The van der Waals surface area contributed by atoms with E-state index in [9.17, 15) is 18.0 Å². The smallest absolute Gasteiger partial charge is 0.475 e. The standard InChI is InChI=1S/C18H17N3O2.C2HF3O2/c1-13-3-2-4-14(9-13)12-23-18(22)21-17-7-5-15(6-8-17)16-10-19-20-11-16;3-2(4,5)1(6)7/h2-11H,12H2,1H3,(H,19,20)(H,21,22);(H,6,7). The molecule has 1 aromatic heterocycles. The Morgan fingerprint density at radius 1 is 1.13 bits per heavy atom. The first-order valence-corrected chi connectivity index (χ1v) is 8.54. The molecule has 1 amide bonds. The number of carbonyl (C=O) groups excluding carboxylic acids is 1. The van der Waals surface area contributed by atoms with Crippen LogP contribution in [-0.2, 0) is 16.1 Å². The molecule has 0 radical (unpaired) electrons. The van der Waals surface area contributed by atoms with Gasteiger partial charge in [-0.3, -0.25) is 10.4 Å². The van der Waals surface area contributed by atoms with E-state index in [1.807, 2.05) is 61.7 Å². The van der Waals surface area contributed by atoms with Gasteiger partial charge in [-0.25, -0.2) is 9.59 Å². The maximum Gasteiger partial charge on any atom is 0.490 e. The summed E-state index contributed by atoms with van der Waals surface area (Å²) in [5.41, 5.74) is 4.82. The van der Waals surface area contributed by atoms with Gasteiger partial charge in [-0.1, -0.05) is 42.0 Å². The van der Waals surface area contributed by atoms with Gasteiger partial charge in [0.2, 0.25) is 0 Å². The van der Waals surface area contributed by atoms with Crippen LogP contribution in [0.4, 0.5) is 23.7 Å². The molecule has 0 aliphatic carbocycles. The predicted octanol–water partition coefficient (Wildman–Crippen LogP) is 4.77. The topological polar surface area (TPSA) is 104 Å². The minimum Gasteiger partial charge on any atom is -0.475 e. The molecule has 0 unspecified atom stereocenters. The van der Waals surface area contributed by atoms with Crippen molar-refractivity contribution in [2.75, 3.05) is 5.32 Å². The number of aryl methyl sites for hydroxylation is 1. The van der Waals surface area contributed by atoms with Gasteiger partial charge in [-0.15, -0.1) is 0 Å². The van der Waals surface area contributed by atoms with Crippen LogP contribution in [0.15, 0.2) is 60.9 Å². The fraction of sp³-hybridized carbons (Fsp3) is 0.150. The van der Waals surface area contributed by atoms with Crippen molar-refractivity contribution in [2.24, 2.45) is 0 Å². The van der Waals surface area contributed by atoms with Crippen LogP contribution in [0.5, 0.6) is 0 Å². The highest BCUT2D eigenvalue weighted by Gasteiger charge is 2.38. The number of rotatable bonds is 4. The molecule has 0 atom stereocenters. The fourth-order valence-electron chi connectivity index (χ4n) is 2.26. The van der Waals surface area contributed by atoms with Gasteiger partial charge in [0.1, 0.15) is 6.61 Å². The molecule has 0 fully saturated rings. The molecule has 158 valence electrons. The van der Waals surface area contributed by atoms with E-state index < -0.39 is 18.2 Å². The molecule has 7 nitrogen and oxygen atoms in total. The van der Waals surface area contributed by atoms with Crippen LogP contribution in [0, 0.1) is 6.92 Å². The Kier molecular flexibility index (Phi) is 7.56. The summed E-state index contributed by atoms with van der Waals surface area (Å²) < 4.78 is 37.0. The van der Waals surface area contributed by atoms with Gasteiger partial charge in [-0.2, -0.15) is 18.3 Å². The number of aliphatic carboxylic acids is 1.